The Balaban J connectivity index is 2.23. The minimum absolute atomic E-state index is 0.476. The van der Waals surface area contributed by atoms with E-state index >= 15 is 0 Å². The van der Waals surface area contributed by atoms with Crippen molar-refractivity contribution in [3.05, 3.63) is 48.0 Å². The maximum atomic E-state index is 10.6. The van der Waals surface area contributed by atoms with Crippen LogP contribution < -0.4 is 4.90 Å². The van der Waals surface area contributed by atoms with E-state index in [1.807, 2.05) is 37.3 Å². The number of rotatable bonds is 4. The maximum absolute atomic E-state index is 10.6. The van der Waals surface area contributed by atoms with E-state index in [1.54, 1.807) is 19.2 Å². The van der Waals surface area contributed by atoms with Gasteiger partial charge in [0, 0.05) is 24.9 Å². The largest absolute Gasteiger partial charge is 0.422 e. The summed E-state index contributed by atoms with van der Waals surface area (Å²) in [6, 6.07) is 13.3. The Bertz CT molecular complexity index is 558. The first-order valence-corrected chi connectivity index (χ1v) is 5.59. The number of furan rings is 1. The number of hydrogen-bond acceptors (Lipinski definition) is 3. The van der Waals surface area contributed by atoms with E-state index in [1.165, 1.54) is 4.90 Å². The van der Waals surface area contributed by atoms with Gasteiger partial charge >= 0.3 is 0 Å². The van der Waals surface area contributed by atoms with Gasteiger partial charge in [0.2, 0.25) is 18.2 Å². The summed E-state index contributed by atoms with van der Waals surface area (Å²) in [5.74, 6) is 0.963. The van der Waals surface area contributed by atoms with Crippen LogP contribution in [0.2, 0.25) is 0 Å². The number of hydrogen-bond donors (Lipinski definition) is 0. The van der Waals surface area contributed by atoms with E-state index in [-0.39, 0.29) is 0 Å². The van der Waals surface area contributed by atoms with Crippen LogP contribution in [0.5, 0.6) is 0 Å². The van der Waals surface area contributed by atoms with Crippen LogP contribution in [0.15, 0.2) is 51.9 Å². The second-order valence-electron chi connectivity index (χ2n) is 3.89. The number of anilines is 1. The summed E-state index contributed by atoms with van der Waals surface area (Å²) in [5.41, 5.74) is 1.91. The molecule has 1 aromatic carbocycles. The summed E-state index contributed by atoms with van der Waals surface area (Å²) in [4.78, 5) is 16.3. The van der Waals surface area contributed by atoms with Crippen LogP contribution in [0.1, 0.15) is 12.5 Å². The highest BCUT2D eigenvalue weighted by Gasteiger charge is 2.05. The molecule has 0 bridgehead atoms. The van der Waals surface area contributed by atoms with Crippen molar-refractivity contribution in [3.8, 4) is 0 Å². The number of benzene rings is 1. The SMILES string of the molecule is C/C(=N\c1ccc(N(C)C=O)o1)c1ccccc1. The smallest absolute Gasteiger partial charge is 0.221 e. The Labute approximate surface area is 106 Å². The molecule has 0 spiro atoms. The molecule has 1 heterocycles. The molecule has 0 unspecified atom stereocenters. The van der Waals surface area contributed by atoms with Gasteiger partial charge in [-0.2, -0.15) is 0 Å². The van der Waals surface area contributed by atoms with Gasteiger partial charge in [-0.25, -0.2) is 4.99 Å². The second-order valence-corrected chi connectivity index (χ2v) is 3.89. The van der Waals surface area contributed by atoms with E-state index in [4.69, 9.17) is 4.42 Å². The molecule has 1 amide bonds. The summed E-state index contributed by atoms with van der Waals surface area (Å²) in [5, 5.41) is 0. The highest BCUT2D eigenvalue weighted by molar-refractivity contribution is 5.99. The van der Waals surface area contributed by atoms with Crippen LogP contribution >= 0.6 is 0 Å². The molecule has 4 nitrogen and oxygen atoms in total. The molecule has 0 N–H and O–H groups in total. The third-order valence-electron chi connectivity index (χ3n) is 2.55. The number of aliphatic imine (C=N–C) groups is 1. The molecular formula is C14H14N2O2. The topological polar surface area (TPSA) is 45.8 Å². The Morgan fingerprint density at radius 2 is 1.94 bits per heavy atom. The van der Waals surface area contributed by atoms with Crippen LogP contribution in [0, 0.1) is 0 Å². The highest BCUT2D eigenvalue weighted by atomic mass is 16.4. The fourth-order valence-electron chi connectivity index (χ4n) is 1.53. The summed E-state index contributed by atoms with van der Waals surface area (Å²) >= 11 is 0. The van der Waals surface area contributed by atoms with E-state index in [2.05, 4.69) is 4.99 Å². The van der Waals surface area contributed by atoms with Crippen molar-refractivity contribution in [3.63, 3.8) is 0 Å². The van der Waals surface area contributed by atoms with Gasteiger partial charge in [-0.3, -0.25) is 9.69 Å². The summed E-state index contributed by atoms with van der Waals surface area (Å²) in [6.07, 6.45) is 0.691. The van der Waals surface area contributed by atoms with Crippen LogP contribution in [0.25, 0.3) is 0 Å². The lowest BCUT2D eigenvalue weighted by Gasteiger charge is -2.04. The van der Waals surface area contributed by atoms with Gasteiger partial charge in [0.05, 0.1) is 0 Å². The quantitative estimate of drug-likeness (QED) is 0.611. The first kappa shape index (κ1) is 12.1. The maximum Gasteiger partial charge on any atom is 0.221 e. The van der Waals surface area contributed by atoms with Crippen molar-refractivity contribution in [2.24, 2.45) is 4.99 Å². The molecule has 2 aromatic rings. The second kappa shape index (κ2) is 5.31. The molecule has 0 radical (unpaired) electrons. The molecule has 92 valence electrons. The molecule has 0 aliphatic heterocycles. The third kappa shape index (κ3) is 2.66. The first-order valence-electron chi connectivity index (χ1n) is 5.59. The summed E-state index contributed by atoms with van der Waals surface area (Å²) in [7, 11) is 1.63. The third-order valence-corrected chi connectivity index (χ3v) is 2.55. The lowest BCUT2D eigenvalue weighted by Crippen LogP contribution is -2.12. The number of carbonyl (C=O) groups is 1. The Morgan fingerprint density at radius 3 is 2.61 bits per heavy atom. The molecule has 18 heavy (non-hydrogen) atoms. The lowest BCUT2D eigenvalue weighted by atomic mass is 10.1. The average Bonchev–Trinajstić information content (AvgIpc) is 2.87. The molecule has 0 atom stereocenters. The molecule has 0 saturated carbocycles. The van der Waals surface area contributed by atoms with Crippen molar-refractivity contribution in [1.82, 2.24) is 0 Å². The van der Waals surface area contributed by atoms with Gasteiger partial charge in [0.15, 0.2) is 0 Å². The lowest BCUT2D eigenvalue weighted by molar-refractivity contribution is -0.107. The van der Waals surface area contributed by atoms with Crippen LogP contribution in [0.3, 0.4) is 0 Å². The predicted octanol–water partition coefficient (Wildman–Crippen LogP) is 3.01. The van der Waals surface area contributed by atoms with Gasteiger partial charge in [0.25, 0.3) is 0 Å². The molecule has 0 fully saturated rings. The molecule has 1 aromatic heterocycles. The zero-order valence-electron chi connectivity index (χ0n) is 10.3. The zero-order chi connectivity index (χ0) is 13.0. The van der Waals surface area contributed by atoms with Crippen molar-refractivity contribution in [2.45, 2.75) is 6.92 Å². The van der Waals surface area contributed by atoms with Crippen molar-refractivity contribution in [2.75, 3.05) is 11.9 Å². The number of amides is 1. The molecular weight excluding hydrogens is 228 g/mol. The summed E-state index contributed by atoms with van der Waals surface area (Å²) in [6.45, 7) is 1.92. The Kier molecular flexibility index (Phi) is 3.57. The standard InChI is InChI=1S/C14H14N2O2/c1-11(12-6-4-3-5-7-12)15-13-8-9-14(18-13)16(2)10-17/h3-10H,1-2H3/b15-11+. The zero-order valence-corrected chi connectivity index (χ0v) is 10.3. The van der Waals surface area contributed by atoms with Gasteiger partial charge in [-0.05, 0) is 12.5 Å². The molecule has 2 rings (SSSR count). The van der Waals surface area contributed by atoms with E-state index in [0.717, 1.165) is 11.3 Å². The van der Waals surface area contributed by atoms with Crippen LogP contribution in [-0.4, -0.2) is 19.2 Å². The number of nitrogens with zero attached hydrogens (tertiary/aromatic N) is 2. The van der Waals surface area contributed by atoms with Gasteiger partial charge < -0.3 is 4.42 Å². The van der Waals surface area contributed by atoms with Gasteiger partial charge in [0.1, 0.15) is 0 Å². The monoisotopic (exact) mass is 242 g/mol. The fourth-order valence-corrected chi connectivity index (χ4v) is 1.53. The van der Waals surface area contributed by atoms with Crippen molar-refractivity contribution >= 4 is 23.9 Å². The van der Waals surface area contributed by atoms with Crippen LogP contribution in [0.4, 0.5) is 11.8 Å². The Morgan fingerprint density at radius 1 is 1.22 bits per heavy atom. The van der Waals surface area contributed by atoms with Crippen LogP contribution in [-0.2, 0) is 4.79 Å². The number of carbonyl (C=O) groups excluding carboxylic acids is 1. The van der Waals surface area contributed by atoms with Crippen molar-refractivity contribution in [1.29, 1.82) is 0 Å². The minimum atomic E-state index is 0.476. The highest BCUT2D eigenvalue weighted by Crippen LogP contribution is 2.23. The first-order chi connectivity index (χ1) is 8.70. The Hall–Kier alpha value is -2.36. The van der Waals surface area contributed by atoms with Gasteiger partial charge in [-0.1, -0.05) is 30.3 Å². The molecule has 0 aliphatic rings. The normalized spacial score (nSPS) is 11.3. The van der Waals surface area contributed by atoms with E-state index in [9.17, 15) is 4.79 Å². The molecule has 0 aliphatic carbocycles. The molecule has 0 saturated heterocycles. The minimum Gasteiger partial charge on any atom is -0.422 e. The van der Waals surface area contributed by atoms with Crippen molar-refractivity contribution < 1.29 is 9.21 Å². The van der Waals surface area contributed by atoms with Gasteiger partial charge in [-0.15, -0.1) is 0 Å². The average molecular weight is 242 g/mol. The molecule has 4 heteroatoms. The fraction of sp³-hybridized carbons (Fsp3) is 0.143. The predicted molar refractivity (Wildman–Crippen MR) is 71.5 cm³/mol. The van der Waals surface area contributed by atoms with E-state index in [0.29, 0.717) is 18.2 Å². The summed E-state index contributed by atoms with van der Waals surface area (Å²) < 4.78 is 5.44. The van der Waals surface area contributed by atoms with E-state index < -0.39 is 0 Å².